The second-order valence-corrected chi connectivity index (χ2v) is 7.17. The van der Waals surface area contributed by atoms with Crippen molar-refractivity contribution >= 4 is 17.7 Å². The molecule has 25 heavy (non-hydrogen) atoms. The number of halogens is 1. The molecule has 1 amide bonds. The van der Waals surface area contributed by atoms with E-state index in [1.54, 1.807) is 18.4 Å². The predicted octanol–water partition coefficient (Wildman–Crippen LogP) is 3.97. The van der Waals surface area contributed by atoms with Crippen molar-refractivity contribution in [2.45, 2.75) is 18.6 Å². The minimum absolute atomic E-state index is 0.0788. The summed E-state index contributed by atoms with van der Waals surface area (Å²) in [6, 6.07) is 10.0. The standard InChI is InChI=1S/C19H22FNO3S/c20-17-5-1-2-6-18(17)24-12-19(22)21-9-7-15(8-10-21)13-25-14-16-4-3-11-23-16/h1-6,11,15H,7-10,12-14H2. The minimum Gasteiger partial charge on any atom is -0.481 e. The molecule has 0 saturated carbocycles. The number of para-hydroxylation sites is 1. The monoisotopic (exact) mass is 363 g/mol. The van der Waals surface area contributed by atoms with Gasteiger partial charge in [-0.1, -0.05) is 12.1 Å². The Morgan fingerprint density at radius 2 is 2.04 bits per heavy atom. The molecular weight excluding hydrogens is 341 g/mol. The Kier molecular flexibility index (Phi) is 6.39. The molecule has 1 saturated heterocycles. The van der Waals surface area contributed by atoms with Crippen molar-refractivity contribution in [3.05, 3.63) is 54.2 Å². The number of ether oxygens (including phenoxy) is 1. The van der Waals surface area contributed by atoms with E-state index in [1.165, 1.54) is 12.1 Å². The largest absolute Gasteiger partial charge is 0.481 e. The molecule has 1 aromatic carbocycles. The van der Waals surface area contributed by atoms with Gasteiger partial charge in [0.05, 0.1) is 12.0 Å². The van der Waals surface area contributed by atoms with Gasteiger partial charge in [-0.3, -0.25) is 4.79 Å². The van der Waals surface area contributed by atoms with Gasteiger partial charge in [0.1, 0.15) is 5.76 Å². The lowest BCUT2D eigenvalue weighted by atomic mass is 9.99. The number of likely N-dealkylation sites (tertiary alicyclic amines) is 1. The lowest BCUT2D eigenvalue weighted by Crippen LogP contribution is -2.41. The first-order valence-corrected chi connectivity index (χ1v) is 9.63. The fourth-order valence-electron chi connectivity index (χ4n) is 2.86. The Morgan fingerprint density at radius 1 is 1.24 bits per heavy atom. The van der Waals surface area contributed by atoms with Gasteiger partial charge in [-0.05, 0) is 48.8 Å². The highest BCUT2D eigenvalue weighted by molar-refractivity contribution is 7.98. The SMILES string of the molecule is O=C(COc1ccccc1F)N1CCC(CSCc2ccco2)CC1. The zero-order valence-corrected chi connectivity index (χ0v) is 14.8. The van der Waals surface area contributed by atoms with E-state index < -0.39 is 5.82 Å². The van der Waals surface area contributed by atoms with Gasteiger partial charge >= 0.3 is 0 Å². The van der Waals surface area contributed by atoms with Crippen molar-refractivity contribution in [1.82, 2.24) is 4.90 Å². The van der Waals surface area contributed by atoms with Gasteiger partial charge in [-0.15, -0.1) is 0 Å². The highest BCUT2D eigenvalue weighted by atomic mass is 32.2. The van der Waals surface area contributed by atoms with Crippen LogP contribution in [0.25, 0.3) is 0 Å². The molecule has 0 N–H and O–H groups in total. The topological polar surface area (TPSA) is 42.7 Å². The van der Waals surface area contributed by atoms with Gasteiger partial charge in [0.25, 0.3) is 5.91 Å². The van der Waals surface area contributed by atoms with Crippen LogP contribution in [0.1, 0.15) is 18.6 Å². The van der Waals surface area contributed by atoms with Crippen LogP contribution in [0, 0.1) is 11.7 Å². The molecule has 2 heterocycles. The normalized spacial score (nSPS) is 15.3. The van der Waals surface area contributed by atoms with Crippen molar-refractivity contribution in [1.29, 1.82) is 0 Å². The first kappa shape index (κ1) is 17.9. The summed E-state index contributed by atoms with van der Waals surface area (Å²) in [7, 11) is 0. The Bertz CT molecular complexity index is 669. The number of nitrogens with zero attached hydrogens (tertiary/aromatic N) is 1. The number of hydrogen-bond donors (Lipinski definition) is 0. The zero-order chi connectivity index (χ0) is 17.5. The predicted molar refractivity (Wildman–Crippen MR) is 96.1 cm³/mol. The van der Waals surface area contributed by atoms with Crippen molar-refractivity contribution in [3.63, 3.8) is 0 Å². The van der Waals surface area contributed by atoms with Crippen LogP contribution in [-0.4, -0.2) is 36.3 Å². The Hall–Kier alpha value is -1.95. The highest BCUT2D eigenvalue weighted by Crippen LogP contribution is 2.24. The first-order chi connectivity index (χ1) is 12.2. The summed E-state index contributed by atoms with van der Waals surface area (Å²) in [5.74, 6) is 3.20. The number of carbonyl (C=O) groups is 1. The fourth-order valence-corrected chi connectivity index (χ4v) is 4.01. The Morgan fingerprint density at radius 3 is 2.76 bits per heavy atom. The summed E-state index contributed by atoms with van der Waals surface area (Å²) < 4.78 is 24.1. The third-order valence-corrected chi connectivity index (χ3v) is 5.53. The molecule has 134 valence electrons. The van der Waals surface area contributed by atoms with Crippen LogP contribution >= 0.6 is 11.8 Å². The second-order valence-electron chi connectivity index (χ2n) is 6.14. The van der Waals surface area contributed by atoms with E-state index in [-0.39, 0.29) is 18.3 Å². The quantitative estimate of drug-likeness (QED) is 0.747. The third kappa shape index (κ3) is 5.26. The third-order valence-electron chi connectivity index (χ3n) is 4.33. The lowest BCUT2D eigenvalue weighted by molar-refractivity contribution is -0.134. The van der Waals surface area contributed by atoms with Crippen molar-refractivity contribution in [2.75, 3.05) is 25.4 Å². The number of amides is 1. The van der Waals surface area contributed by atoms with Gasteiger partial charge < -0.3 is 14.1 Å². The smallest absolute Gasteiger partial charge is 0.260 e. The fraction of sp³-hybridized carbons (Fsp3) is 0.421. The maximum absolute atomic E-state index is 13.5. The van der Waals surface area contributed by atoms with E-state index in [2.05, 4.69) is 0 Å². The van der Waals surface area contributed by atoms with Gasteiger partial charge in [0.15, 0.2) is 18.2 Å². The molecular formula is C19H22FNO3S. The molecule has 0 spiro atoms. The average molecular weight is 363 g/mol. The first-order valence-electron chi connectivity index (χ1n) is 8.47. The molecule has 4 nitrogen and oxygen atoms in total. The van der Waals surface area contributed by atoms with Crippen LogP contribution in [0.15, 0.2) is 47.1 Å². The number of thioether (sulfide) groups is 1. The van der Waals surface area contributed by atoms with Crippen LogP contribution in [0.5, 0.6) is 5.75 Å². The van der Waals surface area contributed by atoms with E-state index in [9.17, 15) is 9.18 Å². The molecule has 1 aliphatic rings. The summed E-state index contributed by atoms with van der Waals surface area (Å²) in [4.78, 5) is 14.0. The molecule has 3 rings (SSSR count). The van der Waals surface area contributed by atoms with Crippen LogP contribution in [0.2, 0.25) is 0 Å². The van der Waals surface area contributed by atoms with E-state index in [0.717, 1.165) is 43.2 Å². The number of piperidine rings is 1. The summed E-state index contributed by atoms with van der Waals surface area (Å²) in [6.45, 7) is 1.37. The van der Waals surface area contributed by atoms with Gasteiger partial charge in [0, 0.05) is 13.1 Å². The van der Waals surface area contributed by atoms with Crippen LogP contribution in [0.4, 0.5) is 4.39 Å². The lowest BCUT2D eigenvalue weighted by Gasteiger charge is -2.31. The second kappa shape index (κ2) is 8.94. The maximum atomic E-state index is 13.5. The van der Waals surface area contributed by atoms with Crippen LogP contribution in [0.3, 0.4) is 0 Å². The van der Waals surface area contributed by atoms with Crippen molar-refractivity contribution < 1.29 is 18.3 Å². The number of rotatable bonds is 7. The van der Waals surface area contributed by atoms with Crippen LogP contribution < -0.4 is 4.74 Å². The minimum atomic E-state index is -0.442. The molecule has 0 atom stereocenters. The summed E-state index contributed by atoms with van der Waals surface area (Å²) in [5.41, 5.74) is 0. The number of carbonyl (C=O) groups excluding carboxylic acids is 1. The molecule has 6 heteroatoms. The maximum Gasteiger partial charge on any atom is 0.260 e. The highest BCUT2D eigenvalue weighted by Gasteiger charge is 2.23. The molecule has 1 fully saturated rings. The molecule has 0 bridgehead atoms. The van der Waals surface area contributed by atoms with E-state index in [0.29, 0.717) is 5.92 Å². The van der Waals surface area contributed by atoms with Crippen LogP contribution in [-0.2, 0) is 10.5 Å². The molecule has 0 aliphatic carbocycles. The Labute approximate surface area is 151 Å². The number of furan rings is 1. The van der Waals surface area contributed by atoms with E-state index in [1.807, 2.05) is 28.8 Å². The summed E-state index contributed by atoms with van der Waals surface area (Å²) in [5, 5.41) is 0. The van der Waals surface area contributed by atoms with E-state index in [4.69, 9.17) is 9.15 Å². The average Bonchev–Trinajstić information content (AvgIpc) is 3.15. The molecule has 1 aliphatic heterocycles. The number of hydrogen-bond acceptors (Lipinski definition) is 4. The Balaban J connectivity index is 1.35. The summed E-state index contributed by atoms with van der Waals surface area (Å²) in [6.07, 6.45) is 3.69. The van der Waals surface area contributed by atoms with Gasteiger partial charge in [-0.2, -0.15) is 11.8 Å². The van der Waals surface area contributed by atoms with Crippen molar-refractivity contribution in [2.24, 2.45) is 5.92 Å². The molecule has 0 unspecified atom stereocenters. The van der Waals surface area contributed by atoms with Gasteiger partial charge in [0.2, 0.25) is 0 Å². The summed E-state index contributed by atoms with van der Waals surface area (Å²) >= 11 is 1.87. The van der Waals surface area contributed by atoms with Crippen molar-refractivity contribution in [3.8, 4) is 5.75 Å². The number of benzene rings is 1. The van der Waals surface area contributed by atoms with Gasteiger partial charge in [-0.25, -0.2) is 4.39 Å². The zero-order valence-electron chi connectivity index (χ0n) is 14.0. The molecule has 0 radical (unpaired) electrons. The molecule has 2 aromatic rings. The molecule has 1 aromatic heterocycles. The van der Waals surface area contributed by atoms with E-state index >= 15 is 0 Å².